The topological polar surface area (TPSA) is 131 Å². The van der Waals surface area contributed by atoms with Crippen molar-refractivity contribution in [2.45, 2.75) is 62.4 Å². The van der Waals surface area contributed by atoms with Crippen molar-refractivity contribution in [3.8, 4) is 6.07 Å². The van der Waals surface area contributed by atoms with E-state index in [2.05, 4.69) is 16.0 Å². The maximum atomic E-state index is 13.8. The predicted octanol–water partition coefficient (Wildman–Crippen LogP) is 2.30. The third-order valence-electron chi connectivity index (χ3n) is 6.28. The molecule has 1 saturated heterocycles. The second kappa shape index (κ2) is 10.8. The molecule has 1 heterocycles. The molecule has 1 aliphatic carbocycles. The summed E-state index contributed by atoms with van der Waals surface area (Å²) in [5.41, 5.74) is -4.06. The summed E-state index contributed by atoms with van der Waals surface area (Å²) in [5.74, 6) is -2.43. The Bertz CT molecular complexity index is 994. The van der Waals surface area contributed by atoms with Gasteiger partial charge in [0.1, 0.15) is 12.1 Å². The van der Waals surface area contributed by atoms with Crippen molar-refractivity contribution in [1.82, 2.24) is 16.0 Å². The number of nitrogens with one attached hydrogen (secondary N) is 3. The summed E-state index contributed by atoms with van der Waals surface area (Å²) < 4.78 is 41.4. The van der Waals surface area contributed by atoms with Gasteiger partial charge >= 0.3 is 6.18 Å². The molecule has 1 saturated carbocycles. The Labute approximate surface area is 205 Å². The number of aliphatic hydroxyl groups is 1. The molecule has 2 fully saturated rings. The highest BCUT2D eigenvalue weighted by molar-refractivity contribution is 6.30. The first-order valence-electron chi connectivity index (χ1n) is 11.2. The molecule has 0 aromatic heterocycles. The van der Waals surface area contributed by atoms with E-state index in [9.17, 15) is 37.9 Å². The zero-order valence-electron chi connectivity index (χ0n) is 18.7. The highest BCUT2D eigenvalue weighted by Gasteiger charge is 2.56. The van der Waals surface area contributed by atoms with Crippen LogP contribution in [0.4, 0.5) is 13.2 Å². The highest BCUT2D eigenvalue weighted by atomic mass is 35.5. The third-order valence-corrected chi connectivity index (χ3v) is 6.53. The number of benzene rings is 1. The minimum atomic E-state index is -5.18. The quantitative estimate of drug-likeness (QED) is 0.380. The van der Waals surface area contributed by atoms with Crippen LogP contribution in [-0.2, 0) is 20.0 Å². The van der Waals surface area contributed by atoms with Gasteiger partial charge in [-0.25, -0.2) is 0 Å². The Hall–Kier alpha value is -2.84. The molecule has 4 atom stereocenters. The monoisotopic (exact) mass is 514 g/mol. The molecule has 3 amide bonds. The van der Waals surface area contributed by atoms with E-state index in [-0.39, 0.29) is 29.7 Å². The first-order valence-corrected chi connectivity index (χ1v) is 11.6. The molecule has 0 spiro atoms. The second-order valence-corrected chi connectivity index (χ2v) is 9.48. The maximum absolute atomic E-state index is 13.8. The van der Waals surface area contributed by atoms with Crippen molar-refractivity contribution in [1.29, 1.82) is 5.26 Å². The lowest BCUT2D eigenvalue weighted by Crippen LogP contribution is -2.52. The van der Waals surface area contributed by atoms with Crippen LogP contribution < -0.4 is 16.0 Å². The minimum absolute atomic E-state index is 0.0859. The standard InChI is InChI=1S/C23H26ClF3N4O4/c24-16-5-3-15(4-6-16)22(35,23(25,26)27)11-19(32)31-18(9-13-1-2-13)21(34)30-17(12-28)10-14-7-8-29-20(14)33/h3-6,13-14,17-18,35H,1-2,7-11H2,(H,29,33)(H,30,34)(H,31,32). The Morgan fingerprint density at radius 3 is 2.34 bits per heavy atom. The molecule has 3 rings (SSSR count). The molecule has 0 bridgehead atoms. The minimum Gasteiger partial charge on any atom is -0.376 e. The molecule has 35 heavy (non-hydrogen) atoms. The van der Waals surface area contributed by atoms with Gasteiger partial charge in [-0.1, -0.05) is 36.6 Å². The normalized spacial score (nSPS) is 21.3. The Morgan fingerprint density at radius 2 is 1.83 bits per heavy atom. The molecule has 12 heteroatoms. The number of hydrogen-bond acceptors (Lipinski definition) is 5. The molecular weight excluding hydrogens is 489 g/mol. The number of carbonyl (C=O) groups is 3. The molecule has 1 aliphatic heterocycles. The van der Waals surface area contributed by atoms with E-state index in [1.54, 1.807) is 0 Å². The van der Waals surface area contributed by atoms with Crippen LogP contribution in [0.25, 0.3) is 0 Å². The fraction of sp³-hybridized carbons (Fsp3) is 0.565. The predicted molar refractivity (Wildman–Crippen MR) is 119 cm³/mol. The number of amides is 3. The van der Waals surface area contributed by atoms with Gasteiger partial charge in [-0.15, -0.1) is 0 Å². The number of alkyl halides is 3. The van der Waals surface area contributed by atoms with Crippen molar-refractivity contribution in [2.75, 3.05) is 6.54 Å². The number of nitriles is 1. The molecule has 8 nitrogen and oxygen atoms in total. The lowest BCUT2D eigenvalue weighted by atomic mass is 9.89. The number of carbonyl (C=O) groups excluding carboxylic acids is 3. The van der Waals surface area contributed by atoms with Crippen molar-refractivity contribution >= 4 is 29.3 Å². The van der Waals surface area contributed by atoms with Crippen LogP contribution in [0, 0.1) is 23.2 Å². The summed E-state index contributed by atoms with van der Waals surface area (Å²) in [7, 11) is 0. The van der Waals surface area contributed by atoms with Crippen LogP contribution in [0.2, 0.25) is 5.02 Å². The molecule has 190 valence electrons. The van der Waals surface area contributed by atoms with Crippen LogP contribution in [0.3, 0.4) is 0 Å². The summed E-state index contributed by atoms with van der Waals surface area (Å²) in [5, 5.41) is 27.5. The maximum Gasteiger partial charge on any atom is 0.421 e. The van der Waals surface area contributed by atoms with E-state index in [0.29, 0.717) is 13.0 Å². The highest BCUT2D eigenvalue weighted by Crippen LogP contribution is 2.42. The third kappa shape index (κ3) is 6.86. The fourth-order valence-corrected chi connectivity index (χ4v) is 4.18. The SMILES string of the molecule is N#CC(CC1CCNC1=O)NC(=O)C(CC1CC1)NC(=O)CC(O)(c1ccc(Cl)cc1)C(F)(F)F. The smallest absolute Gasteiger partial charge is 0.376 e. The van der Waals surface area contributed by atoms with Crippen molar-refractivity contribution in [2.24, 2.45) is 11.8 Å². The average Bonchev–Trinajstić information content (AvgIpc) is 3.52. The molecule has 2 aliphatic rings. The lowest BCUT2D eigenvalue weighted by Gasteiger charge is -2.31. The largest absolute Gasteiger partial charge is 0.421 e. The van der Waals surface area contributed by atoms with Crippen molar-refractivity contribution < 1.29 is 32.7 Å². The van der Waals surface area contributed by atoms with E-state index in [1.165, 1.54) is 12.1 Å². The number of hydrogen-bond donors (Lipinski definition) is 4. The van der Waals surface area contributed by atoms with Gasteiger partial charge in [0.2, 0.25) is 17.7 Å². The van der Waals surface area contributed by atoms with Crippen LogP contribution in [0.1, 0.15) is 44.1 Å². The Balaban J connectivity index is 1.70. The molecular formula is C23H26ClF3N4O4. The van der Waals surface area contributed by atoms with E-state index < -0.39 is 53.6 Å². The van der Waals surface area contributed by atoms with Gasteiger partial charge in [0.15, 0.2) is 5.60 Å². The van der Waals surface area contributed by atoms with Crippen LogP contribution in [0.15, 0.2) is 24.3 Å². The number of nitrogens with zero attached hydrogens (tertiary/aromatic N) is 1. The lowest BCUT2D eigenvalue weighted by molar-refractivity contribution is -0.267. The van der Waals surface area contributed by atoms with Crippen molar-refractivity contribution in [3.63, 3.8) is 0 Å². The first kappa shape index (κ1) is 26.8. The van der Waals surface area contributed by atoms with Gasteiger partial charge in [0, 0.05) is 17.5 Å². The Morgan fingerprint density at radius 1 is 1.17 bits per heavy atom. The second-order valence-electron chi connectivity index (χ2n) is 9.04. The molecule has 4 unspecified atom stereocenters. The van der Waals surface area contributed by atoms with Crippen LogP contribution in [0.5, 0.6) is 0 Å². The summed E-state index contributed by atoms with van der Waals surface area (Å²) in [6.45, 7) is 0.478. The van der Waals surface area contributed by atoms with Gasteiger partial charge in [-0.3, -0.25) is 14.4 Å². The summed E-state index contributed by atoms with van der Waals surface area (Å²) in [6.07, 6.45) is -4.14. The van der Waals surface area contributed by atoms with Gasteiger partial charge in [-0.2, -0.15) is 18.4 Å². The van der Waals surface area contributed by atoms with Gasteiger partial charge in [0.25, 0.3) is 0 Å². The molecule has 1 aromatic rings. The fourth-order valence-electron chi connectivity index (χ4n) is 4.06. The van der Waals surface area contributed by atoms with Gasteiger partial charge < -0.3 is 21.1 Å². The molecule has 4 N–H and O–H groups in total. The van der Waals surface area contributed by atoms with Gasteiger partial charge in [-0.05, 0) is 42.9 Å². The Kier molecular flexibility index (Phi) is 8.28. The zero-order chi connectivity index (χ0) is 25.8. The van der Waals surface area contributed by atoms with Gasteiger partial charge in [0.05, 0.1) is 12.5 Å². The van der Waals surface area contributed by atoms with Crippen molar-refractivity contribution in [3.05, 3.63) is 34.9 Å². The molecule has 0 radical (unpaired) electrons. The summed E-state index contributed by atoms with van der Waals surface area (Å²) in [4.78, 5) is 37.3. The number of halogens is 4. The van der Waals surface area contributed by atoms with E-state index in [4.69, 9.17) is 11.6 Å². The van der Waals surface area contributed by atoms with E-state index in [0.717, 1.165) is 25.0 Å². The first-order chi connectivity index (χ1) is 16.4. The average molecular weight is 515 g/mol. The van der Waals surface area contributed by atoms with Crippen LogP contribution in [-0.4, -0.2) is 47.6 Å². The zero-order valence-corrected chi connectivity index (χ0v) is 19.5. The van der Waals surface area contributed by atoms with E-state index in [1.807, 2.05) is 6.07 Å². The molecule has 1 aromatic carbocycles. The van der Waals surface area contributed by atoms with E-state index >= 15 is 0 Å². The van der Waals surface area contributed by atoms with Crippen LogP contribution >= 0.6 is 11.6 Å². The summed E-state index contributed by atoms with van der Waals surface area (Å²) >= 11 is 5.72. The summed E-state index contributed by atoms with van der Waals surface area (Å²) in [6, 6.07) is 4.02. The number of rotatable bonds is 10.